The average Bonchev–Trinajstić information content (AvgIpc) is 3.45. The summed E-state index contributed by atoms with van der Waals surface area (Å²) in [6.45, 7) is 4.61. The molecule has 0 N–H and O–H groups in total. The van der Waals surface area contributed by atoms with Gasteiger partial charge in [-0.25, -0.2) is 8.42 Å². The standard InChI is InChI=1S/C23H25N3O4S3/c1-4-13-25-19-12-9-17(31-3)15-21(19)32-23(25)24-22(27)20-6-5-14-26(20)33(28,29)18-10-7-16(30-2)8-11-18/h4,7-12,15,20H,1,5-6,13-14H2,2-3H3. The second-order valence-electron chi connectivity index (χ2n) is 7.52. The SMILES string of the molecule is C=CCn1c(=NC(=O)C2CCCN2S(=O)(=O)c2ccc(OC)cc2)sc2cc(SC)ccc21. The lowest BCUT2D eigenvalue weighted by atomic mass is 10.2. The van der Waals surface area contributed by atoms with Crippen LogP contribution in [0, 0.1) is 0 Å². The summed E-state index contributed by atoms with van der Waals surface area (Å²) in [5.41, 5.74) is 0.971. The summed E-state index contributed by atoms with van der Waals surface area (Å²) in [6.07, 6.45) is 4.83. The highest BCUT2D eigenvalue weighted by atomic mass is 32.2. The highest BCUT2D eigenvalue weighted by Crippen LogP contribution is 2.28. The van der Waals surface area contributed by atoms with Gasteiger partial charge in [-0.3, -0.25) is 4.79 Å². The Bertz CT molecular complexity index is 1360. The number of rotatable bonds is 7. The Morgan fingerprint density at radius 3 is 2.73 bits per heavy atom. The minimum absolute atomic E-state index is 0.135. The molecule has 1 aromatic heterocycles. The first-order chi connectivity index (χ1) is 15.9. The number of ether oxygens (including phenoxy) is 1. The molecule has 10 heteroatoms. The second kappa shape index (κ2) is 9.84. The first-order valence-corrected chi connectivity index (χ1v) is 13.9. The summed E-state index contributed by atoms with van der Waals surface area (Å²) in [5, 5.41) is 0. The number of carbonyl (C=O) groups is 1. The number of sulfonamides is 1. The number of methoxy groups -OCH3 is 1. The average molecular weight is 504 g/mol. The van der Waals surface area contributed by atoms with E-state index in [1.165, 1.54) is 34.9 Å². The number of allylic oxidation sites excluding steroid dienone is 1. The second-order valence-corrected chi connectivity index (χ2v) is 11.3. The van der Waals surface area contributed by atoms with Crippen molar-refractivity contribution in [3.8, 4) is 5.75 Å². The van der Waals surface area contributed by atoms with Gasteiger partial charge in [0.15, 0.2) is 4.80 Å². The van der Waals surface area contributed by atoms with Gasteiger partial charge in [-0.15, -0.1) is 18.3 Å². The smallest absolute Gasteiger partial charge is 0.266 e. The van der Waals surface area contributed by atoms with Crippen molar-refractivity contribution >= 4 is 49.2 Å². The maximum Gasteiger partial charge on any atom is 0.266 e. The van der Waals surface area contributed by atoms with Crippen molar-refractivity contribution in [1.82, 2.24) is 8.87 Å². The molecule has 2 heterocycles. The molecule has 33 heavy (non-hydrogen) atoms. The largest absolute Gasteiger partial charge is 0.497 e. The van der Waals surface area contributed by atoms with Crippen molar-refractivity contribution in [1.29, 1.82) is 0 Å². The molecule has 7 nitrogen and oxygen atoms in total. The monoisotopic (exact) mass is 503 g/mol. The van der Waals surface area contributed by atoms with Crippen LogP contribution in [0.5, 0.6) is 5.75 Å². The van der Waals surface area contributed by atoms with E-state index in [-0.39, 0.29) is 11.4 Å². The van der Waals surface area contributed by atoms with Gasteiger partial charge in [0.2, 0.25) is 10.0 Å². The van der Waals surface area contributed by atoms with E-state index in [4.69, 9.17) is 4.74 Å². The molecule has 0 saturated carbocycles. The van der Waals surface area contributed by atoms with Gasteiger partial charge in [-0.2, -0.15) is 9.30 Å². The van der Waals surface area contributed by atoms with Crippen LogP contribution in [-0.2, 0) is 21.4 Å². The summed E-state index contributed by atoms with van der Waals surface area (Å²) in [6, 6.07) is 11.5. The molecular formula is C23H25N3O4S3. The van der Waals surface area contributed by atoms with Crippen molar-refractivity contribution in [2.24, 2.45) is 4.99 Å². The van der Waals surface area contributed by atoms with Gasteiger partial charge in [0.25, 0.3) is 5.91 Å². The van der Waals surface area contributed by atoms with Crippen molar-refractivity contribution in [3.05, 3.63) is 59.9 Å². The first kappa shape index (κ1) is 23.7. The molecule has 0 spiro atoms. The Morgan fingerprint density at radius 1 is 1.30 bits per heavy atom. The van der Waals surface area contributed by atoms with E-state index < -0.39 is 22.0 Å². The third-order valence-electron chi connectivity index (χ3n) is 5.56. The fraction of sp³-hybridized carbons (Fsp3) is 0.304. The van der Waals surface area contributed by atoms with Gasteiger partial charge >= 0.3 is 0 Å². The molecule has 0 bridgehead atoms. The number of hydrogen-bond acceptors (Lipinski definition) is 6. The molecule has 3 aromatic rings. The van der Waals surface area contributed by atoms with Gasteiger partial charge in [0, 0.05) is 18.0 Å². The summed E-state index contributed by atoms with van der Waals surface area (Å²) in [7, 11) is -2.31. The van der Waals surface area contributed by atoms with Crippen LogP contribution in [0.1, 0.15) is 12.8 Å². The molecule has 1 unspecified atom stereocenters. The maximum atomic E-state index is 13.3. The molecule has 174 valence electrons. The number of benzene rings is 2. The van der Waals surface area contributed by atoms with E-state index >= 15 is 0 Å². The Kier molecular flexibility index (Phi) is 7.08. The van der Waals surface area contributed by atoms with Crippen LogP contribution in [0.2, 0.25) is 0 Å². The molecule has 1 amide bonds. The van der Waals surface area contributed by atoms with Gasteiger partial charge < -0.3 is 9.30 Å². The van der Waals surface area contributed by atoms with E-state index in [0.29, 0.717) is 29.9 Å². The van der Waals surface area contributed by atoms with Crippen LogP contribution in [0.15, 0.2) is 69.9 Å². The molecule has 1 aliphatic heterocycles. The molecule has 1 aliphatic rings. The molecule has 1 saturated heterocycles. The minimum Gasteiger partial charge on any atom is -0.497 e. The van der Waals surface area contributed by atoms with E-state index in [9.17, 15) is 13.2 Å². The number of thioether (sulfide) groups is 1. The Morgan fingerprint density at radius 2 is 2.06 bits per heavy atom. The quantitative estimate of drug-likeness (QED) is 0.361. The third-order valence-corrected chi connectivity index (χ3v) is 9.25. The van der Waals surface area contributed by atoms with Crippen LogP contribution in [0.3, 0.4) is 0 Å². The zero-order valence-electron chi connectivity index (χ0n) is 18.4. The van der Waals surface area contributed by atoms with Crippen LogP contribution in [0.25, 0.3) is 10.2 Å². The van der Waals surface area contributed by atoms with Gasteiger partial charge in [-0.1, -0.05) is 17.4 Å². The lowest BCUT2D eigenvalue weighted by Crippen LogP contribution is -2.40. The molecule has 1 fully saturated rings. The van der Waals surface area contributed by atoms with Crippen LogP contribution >= 0.6 is 23.1 Å². The Hall–Kier alpha value is -2.40. The summed E-state index contributed by atoms with van der Waals surface area (Å²) < 4.78 is 35.9. The predicted molar refractivity (Wildman–Crippen MR) is 132 cm³/mol. The number of hydrogen-bond donors (Lipinski definition) is 0. The van der Waals surface area contributed by atoms with Crippen molar-refractivity contribution < 1.29 is 17.9 Å². The minimum atomic E-state index is -3.83. The van der Waals surface area contributed by atoms with E-state index in [1.807, 2.05) is 23.0 Å². The first-order valence-electron chi connectivity index (χ1n) is 10.4. The summed E-state index contributed by atoms with van der Waals surface area (Å²) in [5.74, 6) is 0.123. The Labute approximate surface area is 201 Å². The normalized spacial score (nSPS) is 17.5. The third kappa shape index (κ3) is 4.65. The molecule has 0 aliphatic carbocycles. The number of nitrogens with zero attached hydrogens (tertiary/aromatic N) is 3. The molecule has 1 atom stereocenters. The highest BCUT2D eigenvalue weighted by Gasteiger charge is 2.39. The zero-order valence-corrected chi connectivity index (χ0v) is 20.9. The molecule has 2 aromatic carbocycles. The number of amides is 1. The predicted octanol–water partition coefficient (Wildman–Crippen LogP) is 3.90. The van der Waals surface area contributed by atoms with E-state index in [2.05, 4.69) is 17.6 Å². The van der Waals surface area contributed by atoms with Gasteiger partial charge in [0.1, 0.15) is 11.8 Å². The maximum absolute atomic E-state index is 13.3. The number of carbonyl (C=O) groups excluding carboxylic acids is 1. The lowest BCUT2D eigenvalue weighted by molar-refractivity contribution is -0.121. The number of thiazole rings is 1. The van der Waals surface area contributed by atoms with Crippen LogP contribution in [0.4, 0.5) is 0 Å². The van der Waals surface area contributed by atoms with Crippen LogP contribution in [-0.4, -0.2) is 49.1 Å². The molecule has 0 radical (unpaired) electrons. The fourth-order valence-corrected chi connectivity index (χ4v) is 7.15. The van der Waals surface area contributed by atoms with Gasteiger partial charge in [-0.05, 0) is 61.6 Å². The van der Waals surface area contributed by atoms with Crippen molar-refractivity contribution in [2.75, 3.05) is 19.9 Å². The summed E-state index contributed by atoms with van der Waals surface area (Å²) >= 11 is 3.07. The topological polar surface area (TPSA) is 81.0 Å². The van der Waals surface area contributed by atoms with E-state index in [1.54, 1.807) is 30.0 Å². The van der Waals surface area contributed by atoms with Crippen molar-refractivity contribution in [2.45, 2.75) is 35.2 Å². The molecular weight excluding hydrogens is 478 g/mol. The van der Waals surface area contributed by atoms with Crippen LogP contribution < -0.4 is 9.54 Å². The molecule has 4 rings (SSSR count). The number of aromatic nitrogens is 1. The lowest BCUT2D eigenvalue weighted by Gasteiger charge is -2.21. The van der Waals surface area contributed by atoms with E-state index in [0.717, 1.165) is 15.1 Å². The van der Waals surface area contributed by atoms with Crippen molar-refractivity contribution in [3.63, 3.8) is 0 Å². The Balaban J connectivity index is 1.70. The highest BCUT2D eigenvalue weighted by molar-refractivity contribution is 7.98. The summed E-state index contributed by atoms with van der Waals surface area (Å²) in [4.78, 5) is 19.4. The zero-order chi connectivity index (χ0) is 23.6. The fourth-order valence-electron chi connectivity index (χ4n) is 3.90. The number of fused-ring (bicyclic) bond motifs is 1. The van der Waals surface area contributed by atoms with Gasteiger partial charge in [0.05, 0.1) is 22.2 Å².